The summed E-state index contributed by atoms with van der Waals surface area (Å²) < 4.78 is 6.16. The van der Waals surface area contributed by atoms with E-state index >= 15 is 0 Å². The van der Waals surface area contributed by atoms with Gasteiger partial charge in [-0.3, -0.25) is 9.59 Å². The standard InChI is InChI=1S/C19H28N2O5S/c1-18(2,12-23)11-20-17(25)15-9-13-14(27-15)3-8-26-19(13)4-6-21(7-5-19)16(24)10-22/h9,22-23H,3-8,10-12H2,1-2H3,(H,20,25). The summed E-state index contributed by atoms with van der Waals surface area (Å²) in [6.45, 7) is 5.45. The number of carbonyl (C=O) groups is 2. The van der Waals surface area contributed by atoms with Crippen LogP contribution in [0.1, 0.15) is 46.8 Å². The molecule has 1 fully saturated rings. The summed E-state index contributed by atoms with van der Waals surface area (Å²) >= 11 is 1.51. The first-order valence-corrected chi connectivity index (χ1v) is 10.2. The fraction of sp³-hybridized carbons (Fsp3) is 0.684. The van der Waals surface area contributed by atoms with Crippen molar-refractivity contribution in [1.29, 1.82) is 0 Å². The molecule has 2 aliphatic rings. The summed E-state index contributed by atoms with van der Waals surface area (Å²) in [5.74, 6) is -0.378. The molecule has 8 heteroatoms. The monoisotopic (exact) mass is 396 g/mol. The molecule has 3 heterocycles. The van der Waals surface area contributed by atoms with Gasteiger partial charge in [-0.2, -0.15) is 0 Å². The molecular formula is C19H28N2O5S. The fourth-order valence-electron chi connectivity index (χ4n) is 3.62. The van der Waals surface area contributed by atoms with Crippen LogP contribution >= 0.6 is 11.3 Å². The number of thiophene rings is 1. The van der Waals surface area contributed by atoms with Crippen molar-refractivity contribution in [2.75, 3.05) is 39.5 Å². The van der Waals surface area contributed by atoms with E-state index in [0.717, 1.165) is 12.0 Å². The molecular weight excluding hydrogens is 368 g/mol. The molecule has 0 aromatic carbocycles. The maximum absolute atomic E-state index is 12.6. The molecule has 0 unspecified atom stereocenters. The zero-order valence-corrected chi connectivity index (χ0v) is 16.7. The van der Waals surface area contributed by atoms with Crippen LogP contribution in [0.25, 0.3) is 0 Å². The quantitative estimate of drug-likeness (QED) is 0.686. The normalized spacial score (nSPS) is 19.0. The van der Waals surface area contributed by atoms with Gasteiger partial charge >= 0.3 is 0 Å². The van der Waals surface area contributed by atoms with Crippen LogP contribution in [0.2, 0.25) is 0 Å². The van der Waals surface area contributed by atoms with Gasteiger partial charge in [-0.1, -0.05) is 13.8 Å². The van der Waals surface area contributed by atoms with Crippen molar-refractivity contribution in [2.45, 2.75) is 38.7 Å². The van der Waals surface area contributed by atoms with Crippen molar-refractivity contribution in [3.63, 3.8) is 0 Å². The molecule has 7 nitrogen and oxygen atoms in total. The van der Waals surface area contributed by atoms with Crippen LogP contribution in [0.15, 0.2) is 6.07 Å². The SMILES string of the molecule is CC(C)(CO)CNC(=O)c1cc2c(s1)CCOC21CCN(C(=O)CO)CC1. The Morgan fingerprint density at radius 1 is 1.33 bits per heavy atom. The number of piperidine rings is 1. The lowest BCUT2D eigenvalue weighted by atomic mass is 9.82. The second-order valence-corrected chi connectivity index (χ2v) is 9.22. The van der Waals surface area contributed by atoms with Crippen LogP contribution in [0.4, 0.5) is 0 Å². The first kappa shape index (κ1) is 20.3. The summed E-state index contributed by atoms with van der Waals surface area (Å²) in [4.78, 5) is 27.8. The van der Waals surface area contributed by atoms with Gasteiger partial charge < -0.3 is 25.2 Å². The summed E-state index contributed by atoms with van der Waals surface area (Å²) in [6, 6.07) is 1.93. The third kappa shape index (κ3) is 4.18. The number of carbonyl (C=O) groups excluding carboxylic acids is 2. The van der Waals surface area contributed by atoms with E-state index in [4.69, 9.17) is 9.84 Å². The molecule has 27 heavy (non-hydrogen) atoms. The number of amides is 2. The van der Waals surface area contributed by atoms with Crippen LogP contribution < -0.4 is 5.32 Å². The highest BCUT2D eigenvalue weighted by atomic mass is 32.1. The van der Waals surface area contributed by atoms with Crippen molar-refractivity contribution < 1.29 is 24.5 Å². The number of aliphatic hydroxyl groups is 2. The smallest absolute Gasteiger partial charge is 0.261 e. The van der Waals surface area contributed by atoms with Gasteiger partial charge in [0, 0.05) is 43.0 Å². The second kappa shape index (κ2) is 7.87. The molecule has 1 aromatic rings. The number of nitrogens with one attached hydrogen (secondary N) is 1. The molecule has 0 aliphatic carbocycles. The van der Waals surface area contributed by atoms with E-state index in [1.165, 1.54) is 16.2 Å². The Kier molecular flexibility index (Phi) is 5.90. The van der Waals surface area contributed by atoms with Crippen LogP contribution in [0.5, 0.6) is 0 Å². The zero-order valence-electron chi connectivity index (χ0n) is 15.9. The molecule has 0 radical (unpaired) electrons. The Labute approximate surface area is 163 Å². The van der Waals surface area contributed by atoms with Crippen LogP contribution in [-0.4, -0.2) is 66.4 Å². The van der Waals surface area contributed by atoms with Gasteiger partial charge in [0.1, 0.15) is 6.61 Å². The van der Waals surface area contributed by atoms with Gasteiger partial charge in [0.15, 0.2) is 0 Å². The molecule has 0 atom stereocenters. The molecule has 0 bridgehead atoms. The van der Waals surface area contributed by atoms with E-state index in [0.29, 0.717) is 44.0 Å². The van der Waals surface area contributed by atoms with E-state index < -0.39 is 12.2 Å². The van der Waals surface area contributed by atoms with Gasteiger partial charge in [0.2, 0.25) is 5.91 Å². The first-order chi connectivity index (χ1) is 12.8. The number of likely N-dealkylation sites (tertiary alicyclic amines) is 1. The number of hydrogen-bond donors (Lipinski definition) is 3. The number of hydrogen-bond acceptors (Lipinski definition) is 6. The molecule has 1 aromatic heterocycles. The summed E-state index contributed by atoms with van der Waals surface area (Å²) in [5.41, 5.74) is 0.267. The van der Waals surface area contributed by atoms with Gasteiger partial charge in [0.25, 0.3) is 5.91 Å². The van der Waals surface area contributed by atoms with Crippen molar-refractivity contribution in [2.24, 2.45) is 5.41 Å². The minimum absolute atomic E-state index is 0.00817. The number of ether oxygens (including phenoxy) is 1. The Morgan fingerprint density at radius 2 is 2.04 bits per heavy atom. The van der Waals surface area contributed by atoms with E-state index in [1.807, 2.05) is 19.9 Å². The van der Waals surface area contributed by atoms with Gasteiger partial charge in [-0.25, -0.2) is 0 Å². The van der Waals surface area contributed by atoms with Gasteiger partial charge in [0.05, 0.1) is 17.1 Å². The number of rotatable bonds is 5. The van der Waals surface area contributed by atoms with E-state index in [1.54, 1.807) is 4.90 Å². The van der Waals surface area contributed by atoms with E-state index in [9.17, 15) is 14.7 Å². The largest absolute Gasteiger partial charge is 0.396 e. The number of nitrogens with zero attached hydrogens (tertiary/aromatic N) is 1. The van der Waals surface area contributed by atoms with Crippen molar-refractivity contribution in [1.82, 2.24) is 10.2 Å². The fourth-order valence-corrected chi connectivity index (χ4v) is 4.77. The van der Waals surface area contributed by atoms with Crippen LogP contribution in [0, 0.1) is 5.41 Å². The molecule has 2 amide bonds. The minimum Gasteiger partial charge on any atom is -0.396 e. The highest BCUT2D eigenvalue weighted by molar-refractivity contribution is 7.14. The minimum atomic E-state index is -0.466. The Balaban J connectivity index is 1.74. The average Bonchev–Trinajstić information content (AvgIpc) is 3.12. The maximum atomic E-state index is 12.6. The predicted octanol–water partition coefficient (Wildman–Crippen LogP) is 0.879. The Bertz CT molecular complexity index is 707. The third-order valence-corrected chi connectivity index (χ3v) is 6.64. The van der Waals surface area contributed by atoms with E-state index in [2.05, 4.69) is 5.32 Å². The summed E-state index contributed by atoms with van der Waals surface area (Å²) in [6.07, 6.45) is 2.12. The highest BCUT2D eigenvalue weighted by Crippen LogP contribution is 2.44. The lowest BCUT2D eigenvalue weighted by Crippen LogP contribution is -2.48. The van der Waals surface area contributed by atoms with Crippen molar-refractivity contribution in [3.8, 4) is 0 Å². The average molecular weight is 397 g/mol. The molecule has 150 valence electrons. The number of aliphatic hydroxyl groups excluding tert-OH is 2. The Morgan fingerprint density at radius 3 is 2.67 bits per heavy atom. The van der Waals surface area contributed by atoms with Gasteiger partial charge in [-0.05, 0) is 24.5 Å². The lowest BCUT2D eigenvalue weighted by Gasteiger charge is -2.43. The van der Waals surface area contributed by atoms with Crippen molar-refractivity contribution in [3.05, 3.63) is 21.4 Å². The second-order valence-electron chi connectivity index (χ2n) is 8.08. The lowest BCUT2D eigenvalue weighted by molar-refractivity contribution is -0.143. The zero-order chi connectivity index (χ0) is 19.7. The molecule has 1 spiro atoms. The number of fused-ring (bicyclic) bond motifs is 2. The summed E-state index contributed by atoms with van der Waals surface area (Å²) in [5, 5.41) is 21.3. The third-order valence-electron chi connectivity index (χ3n) is 5.45. The van der Waals surface area contributed by atoms with E-state index in [-0.39, 0.29) is 23.8 Å². The molecule has 0 saturated carbocycles. The first-order valence-electron chi connectivity index (χ1n) is 9.35. The highest BCUT2D eigenvalue weighted by Gasteiger charge is 2.43. The van der Waals surface area contributed by atoms with Crippen LogP contribution in [-0.2, 0) is 21.6 Å². The predicted molar refractivity (Wildman–Crippen MR) is 102 cm³/mol. The summed E-state index contributed by atoms with van der Waals surface area (Å²) in [7, 11) is 0. The topological polar surface area (TPSA) is 99.1 Å². The molecule has 2 aliphatic heterocycles. The van der Waals surface area contributed by atoms with Gasteiger partial charge in [-0.15, -0.1) is 11.3 Å². The van der Waals surface area contributed by atoms with Crippen molar-refractivity contribution >= 4 is 23.2 Å². The molecule has 3 rings (SSSR count). The van der Waals surface area contributed by atoms with Crippen LogP contribution in [0.3, 0.4) is 0 Å². The molecule has 1 saturated heterocycles. The Hall–Kier alpha value is -1.48. The maximum Gasteiger partial charge on any atom is 0.261 e. The molecule has 3 N–H and O–H groups in total.